The highest BCUT2D eigenvalue weighted by Crippen LogP contribution is 2.34. The van der Waals surface area contributed by atoms with E-state index in [1.807, 2.05) is 67.6 Å². The molecule has 1 heterocycles. The first-order valence-corrected chi connectivity index (χ1v) is 13.8. The van der Waals surface area contributed by atoms with E-state index < -0.39 is 11.6 Å². The average Bonchev–Trinajstić information content (AvgIpc) is 3.36. The third-order valence-corrected chi connectivity index (χ3v) is 7.12. The number of ether oxygens (including phenoxy) is 3. The van der Waals surface area contributed by atoms with Gasteiger partial charge in [-0.2, -0.15) is 0 Å². The van der Waals surface area contributed by atoms with Crippen LogP contribution in [0.15, 0.2) is 82.9 Å². The molecule has 1 aliphatic heterocycles. The van der Waals surface area contributed by atoms with Gasteiger partial charge in [-0.15, -0.1) is 0 Å². The van der Waals surface area contributed by atoms with Crippen molar-refractivity contribution < 1.29 is 24.1 Å². The minimum atomic E-state index is -1.30. The molecule has 0 radical (unpaired) electrons. The number of aliphatic hydroxyl groups is 1. The first kappa shape index (κ1) is 30.4. The predicted octanol–water partition coefficient (Wildman–Crippen LogP) is 4.28. The minimum Gasteiger partial charge on any atom is -0.496 e. The normalized spacial score (nSPS) is 17.5. The molecular formula is C31H36N6O5. The van der Waals surface area contributed by atoms with Crippen LogP contribution in [0.4, 0.5) is 0 Å². The van der Waals surface area contributed by atoms with Crippen LogP contribution >= 0.6 is 0 Å². The van der Waals surface area contributed by atoms with Gasteiger partial charge in [0.15, 0.2) is 5.54 Å². The van der Waals surface area contributed by atoms with Crippen molar-refractivity contribution in [1.82, 2.24) is 10.9 Å². The number of hydrogen-bond donors (Lipinski definition) is 3. The second-order valence-electron chi connectivity index (χ2n) is 9.83. The number of nitrogens with one attached hydrogen (secondary N) is 2. The number of aliphatic imine (C=N–C) groups is 1. The summed E-state index contributed by atoms with van der Waals surface area (Å²) in [5.41, 5.74) is 16.9. The second-order valence-corrected chi connectivity index (χ2v) is 9.83. The molecule has 220 valence electrons. The lowest BCUT2D eigenvalue weighted by atomic mass is 9.84. The van der Waals surface area contributed by atoms with Gasteiger partial charge in [0.2, 0.25) is 5.90 Å². The Hall–Kier alpha value is -4.57. The quantitative estimate of drug-likeness (QED) is 0.0813. The molecule has 42 heavy (non-hydrogen) atoms. The average molecular weight is 573 g/mol. The summed E-state index contributed by atoms with van der Waals surface area (Å²) in [7, 11) is 1.63. The topological polar surface area (TPSA) is 150 Å². The monoisotopic (exact) mass is 572 g/mol. The van der Waals surface area contributed by atoms with Gasteiger partial charge in [0.1, 0.15) is 17.6 Å². The van der Waals surface area contributed by atoms with E-state index in [1.165, 1.54) is 0 Å². The first-order chi connectivity index (χ1) is 20.5. The second kappa shape index (κ2) is 14.9. The molecular weight excluding hydrogens is 536 g/mol. The molecule has 0 aliphatic carbocycles. The van der Waals surface area contributed by atoms with Gasteiger partial charge in [0.25, 0.3) is 5.91 Å². The van der Waals surface area contributed by atoms with E-state index in [4.69, 9.17) is 29.8 Å². The van der Waals surface area contributed by atoms with Gasteiger partial charge >= 0.3 is 0 Å². The number of azide groups is 1. The zero-order valence-corrected chi connectivity index (χ0v) is 23.8. The van der Waals surface area contributed by atoms with Crippen LogP contribution in [0.2, 0.25) is 0 Å². The molecule has 0 unspecified atom stereocenters. The third kappa shape index (κ3) is 7.38. The fourth-order valence-electron chi connectivity index (χ4n) is 4.78. The molecule has 11 nitrogen and oxygen atoms in total. The number of methoxy groups -OCH3 is 1. The Labute approximate surface area is 245 Å². The number of rotatable bonds is 15. The lowest BCUT2D eigenvalue weighted by Crippen LogP contribution is -2.56. The lowest BCUT2D eigenvalue weighted by molar-refractivity contribution is -0.129. The fraction of sp³-hybridized carbons (Fsp3) is 0.355. The largest absolute Gasteiger partial charge is 0.496 e. The van der Waals surface area contributed by atoms with Crippen LogP contribution in [0, 0.1) is 0 Å². The highest BCUT2D eigenvalue weighted by atomic mass is 16.5. The molecule has 0 saturated heterocycles. The maximum atomic E-state index is 13.9. The Balaban J connectivity index is 1.57. The molecule has 0 fully saturated rings. The highest BCUT2D eigenvalue weighted by Gasteiger charge is 2.50. The maximum absolute atomic E-state index is 13.9. The molecule has 1 aliphatic rings. The standard InChI is InChI=1S/C31H36N6O5/c1-22-31(20-25-9-3-4-10-26(25)21-34-37-32,30(39)36-33-17-16-23-8-5-6-11-28(23)40-2)35-29(42-22)24-12-14-27(15-13-24)41-19-7-18-38/h3-6,8-15,22,33,38H,7,16-21H2,1-2H3,(H,36,39)/t22-,31-/m0/s1. The van der Waals surface area contributed by atoms with Crippen LogP contribution in [0.3, 0.4) is 0 Å². The van der Waals surface area contributed by atoms with Crippen molar-refractivity contribution >= 4 is 11.8 Å². The zero-order chi connectivity index (χ0) is 29.8. The van der Waals surface area contributed by atoms with E-state index in [-0.39, 0.29) is 25.5 Å². The summed E-state index contributed by atoms with van der Waals surface area (Å²) in [6, 6.07) is 22.5. The van der Waals surface area contributed by atoms with Gasteiger partial charge in [-0.05, 0) is 65.9 Å². The van der Waals surface area contributed by atoms with Gasteiger partial charge in [-0.25, -0.2) is 10.4 Å². The Morgan fingerprint density at radius 2 is 1.81 bits per heavy atom. The summed E-state index contributed by atoms with van der Waals surface area (Å²) in [5.74, 6) is 1.46. The van der Waals surface area contributed by atoms with E-state index in [2.05, 4.69) is 20.9 Å². The summed E-state index contributed by atoms with van der Waals surface area (Å²) in [4.78, 5) is 21.7. The van der Waals surface area contributed by atoms with Crippen LogP contribution in [-0.2, 0) is 28.9 Å². The number of hydrazine groups is 1. The van der Waals surface area contributed by atoms with Gasteiger partial charge in [-0.3, -0.25) is 10.2 Å². The van der Waals surface area contributed by atoms with Crippen molar-refractivity contribution in [2.45, 2.75) is 44.4 Å². The summed E-state index contributed by atoms with van der Waals surface area (Å²) in [6.07, 6.45) is 0.814. The van der Waals surface area contributed by atoms with Crippen LogP contribution in [-0.4, -0.2) is 55.4 Å². The van der Waals surface area contributed by atoms with Crippen molar-refractivity contribution in [3.05, 3.63) is 105 Å². The Morgan fingerprint density at radius 1 is 1.10 bits per heavy atom. The molecule has 11 heteroatoms. The van der Waals surface area contributed by atoms with Crippen LogP contribution in [0.25, 0.3) is 10.4 Å². The number of benzene rings is 3. The summed E-state index contributed by atoms with van der Waals surface area (Å²) in [6.45, 7) is 2.93. The molecule has 0 spiro atoms. The summed E-state index contributed by atoms with van der Waals surface area (Å²) >= 11 is 0. The number of nitrogens with zero attached hydrogens (tertiary/aromatic N) is 4. The van der Waals surface area contributed by atoms with E-state index in [0.717, 1.165) is 22.4 Å². The van der Waals surface area contributed by atoms with Crippen molar-refractivity contribution in [2.75, 3.05) is 26.9 Å². The molecule has 3 aromatic carbocycles. The van der Waals surface area contributed by atoms with Crippen LogP contribution in [0.5, 0.6) is 11.5 Å². The molecule has 3 aromatic rings. The maximum Gasteiger partial charge on any atom is 0.266 e. The molecule has 0 bridgehead atoms. The molecule has 3 N–H and O–H groups in total. The lowest BCUT2D eigenvalue weighted by Gasteiger charge is -2.29. The highest BCUT2D eigenvalue weighted by molar-refractivity contribution is 6.00. The number of carbonyl (C=O) groups is 1. The smallest absolute Gasteiger partial charge is 0.266 e. The Morgan fingerprint density at radius 3 is 2.52 bits per heavy atom. The molecule has 0 saturated carbocycles. The number of hydrogen-bond acceptors (Lipinski definition) is 8. The number of carbonyl (C=O) groups excluding carboxylic acids is 1. The first-order valence-electron chi connectivity index (χ1n) is 13.8. The van der Waals surface area contributed by atoms with Crippen molar-refractivity contribution in [1.29, 1.82) is 0 Å². The van der Waals surface area contributed by atoms with Gasteiger partial charge in [-0.1, -0.05) is 47.6 Å². The summed E-state index contributed by atoms with van der Waals surface area (Å²) < 4.78 is 17.3. The third-order valence-electron chi connectivity index (χ3n) is 7.12. The van der Waals surface area contributed by atoms with Crippen molar-refractivity contribution in [3.8, 4) is 11.5 Å². The minimum absolute atomic E-state index is 0.0616. The van der Waals surface area contributed by atoms with E-state index in [0.29, 0.717) is 43.2 Å². The zero-order valence-electron chi connectivity index (χ0n) is 23.8. The van der Waals surface area contributed by atoms with Gasteiger partial charge in [0, 0.05) is 36.5 Å². The summed E-state index contributed by atoms with van der Waals surface area (Å²) in [5, 5.41) is 12.7. The molecule has 4 rings (SSSR count). The fourth-order valence-corrected chi connectivity index (χ4v) is 4.78. The van der Waals surface area contributed by atoms with Crippen molar-refractivity contribution in [2.24, 2.45) is 10.1 Å². The predicted molar refractivity (Wildman–Crippen MR) is 159 cm³/mol. The van der Waals surface area contributed by atoms with E-state index in [1.54, 1.807) is 19.2 Å². The Kier molecular flexibility index (Phi) is 10.8. The number of amides is 1. The molecule has 2 atom stereocenters. The molecule has 1 amide bonds. The van der Waals surface area contributed by atoms with E-state index >= 15 is 0 Å². The Bertz CT molecular complexity index is 1420. The van der Waals surface area contributed by atoms with Crippen molar-refractivity contribution in [3.63, 3.8) is 0 Å². The SMILES string of the molecule is COc1ccccc1CCNNC(=O)[C@@]1(Cc2ccccc2CN=[N+]=[N-])N=C(c2ccc(OCCCO)cc2)O[C@H]1C. The van der Waals surface area contributed by atoms with Gasteiger partial charge < -0.3 is 19.3 Å². The van der Waals surface area contributed by atoms with Crippen LogP contribution in [0.1, 0.15) is 35.6 Å². The molecule has 0 aromatic heterocycles. The number of para-hydroxylation sites is 1. The van der Waals surface area contributed by atoms with E-state index in [9.17, 15) is 4.79 Å². The number of aliphatic hydroxyl groups excluding tert-OH is 1. The van der Waals surface area contributed by atoms with Gasteiger partial charge in [0.05, 0.1) is 20.3 Å². The van der Waals surface area contributed by atoms with Crippen LogP contribution < -0.4 is 20.3 Å².